The first kappa shape index (κ1) is 16.4. The van der Waals surface area contributed by atoms with E-state index in [0.29, 0.717) is 0 Å². The summed E-state index contributed by atoms with van der Waals surface area (Å²) in [4.78, 5) is 35.7. The Kier molecular flexibility index (Phi) is 4.79. The van der Waals surface area contributed by atoms with Crippen molar-refractivity contribution in [2.45, 2.75) is 52.6 Å². The third-order valence-corrected chi connectivity index (χ3v) is 4.19. The van der Waals surface area contributed by atoms with Gasteiger partial charge in [0.05, 0.1) is 11.8 Å². The van der Waals surface area contributed by atoms with E-state index in [0.717, 1.165) is 18.4 Å². The lowest BCUT2D eigenvalue weighted by Gasteiger charge is -2.30. The van der Waals surface area contributed by atoms with Crippen LogP contribution >= 0.6 is 0 Å². The van der Waals surface area contributed by atoms with Crippen LogP contribution in [0.15, 0.2) is 35.5 Å². The Labute approximate surface area is 130 Å². The largest absolute Gasteiger partial charge is 0.457 e. The predicted molar refractivity (Wildman–Crippen MR) is 83.1 cm³/mol. The highest BCUT2D eigenvalue weighted by atomic mass is 16.6. The number of ether oxygens (including phenoxy) is 1. The maximum atomic E-state index is 12.3. The van der Waals surface area contributed by atoms with E-state index < -0.39 is 17.5 Å². The van der Waals surface area contributed by atoms with Crippen molar-refractivity contribution in [2.75, 3.05) is 0 Å². The molecule has 1 spiro atoms. The average molecular weight is 302 g/mol. The molecule has 0 bridgehead atoms. The number of hydrogen-bond donors (Lipinski definition) is 0. The molecular formula is C18H22O4. The molecule has 22 heavy (non-hydrogen) atoms. The number of allylic oxidation sites excluding steroid dienone is 5. The van der Waals surface area contributed by atoms with Crippen LogP contribution in [0.5, 0.6) is 0 Å². The minimum atomic E-state index is -1.03. The van der Waals surface area contributed by atoms with E-state index in [-0.39, 0.29) is 24.4 Å². The zero-order valence-electron chi connectivity index (χ0n) is 13.3. The highest BCUT2D eigenvalue weighted by molar-refractivity contribution is 6.10. The quantitative estimate of drug-likeness (QED) is 0.591. The summed E-state index contributed by atoms with van der Waals surface area (Å²) in [6, 6.07) is 0. The zero-order chi connectivity index (χ0) is 16.3. The molecule has 2 rings (SSSR count). The van der Waals surface area contributed by atoms with Crippen LogP contribution in [0.4, 0.5) is 0 Å². The fourth-order valence-electron chi connectivity index (χ4n) is 2.96. The van der Waals surface area contributed by atoms with Crippen LogP contribution in [-0.4, -0.2) is 23.6 Å². The average Bonchev–Trinajstić information content (AvgIpc) is 2.70. The summed E-state index contributed by atoms with van der Waals surface area (Å²) in [5.74, 6) is -0.718. The van der Waals surface area contributed by atoms with Gasteiger partial charge in [0.25, 0.3) is 0 Å². The Balaban J connectivity index is 2.19. The minimum Gasteiger partial charge on any atom is -0.457 e. The third kappa shape index (κ3) is 3.43. The number of rotatable bonds is 4. The van der Waals surface area contributed by atoms with Crippen LogP contribution in [0.2, 0.25) is 0 Å². The highest BCUT2D eigenvalue weighted by Gasteiger charge is 2.54. The second kappa shape index (κ2) is 6.42. The Morgan fingerprint density at radius 1 is 1.23 bits per heavy atom. The summed E-state index contributed by atoms with van der Waals surface area (Å²) in [5.41, 5.74) is 1.29. The Morgan fingerprint density at radius 3 is 2.64 bits per heavy atom. The monoisotopic (exact) mass is 302 g/mol. The van der Waals surface area contributed by atoms with Crippen LogP contribution < -0.4 is 0 Å². The molecule has 0 aromatic heterocycles. The predicted octanol–water partition coefficient (Wildman–Crippen LogP) is 3.08. The van der Waals surface area contributed by atoms with E-state index in [1.807, 2.05) is 26.8 Å². The third-order valence-electron chi connectivity index (χ3n) is 4.19. The molecule has 0 saturated carbocycles. The van der Waals surface area contributed by atoms with Crippen LogP contribution in [0.25, 0.3) is 0 Å². The van der Waals surface area contributed by atoms with E-state index in [1.165, 1.54) is 17.7 Å². The first-order valence-electron chi connectivity index (χ1n) is 7.59. The second-order valence-electron chi connectivity index (χ2n) is 6.42. The number of cyclic esters (lactones) is 1. The maximum Gasteiger partial charge on any atom is 0.307 e. The molecule has 0 amide bonds. The van der Waals surface area contributed by atoms with Crippen molar-refractivity contribution >= 4 is 17.5 Å². The molecule has 1 saturated heterocycles. The molecule has 4 nitrogen and oxygen atoms in total. The first-order valence-corrected chi connectivity index (χ1v) is 7.59. The first-order chi connectivity index (χ1) is 10.3. The topological polar surface area (TPSA) is 60.4 Å². The number of ketones is 2. The summed E-state index contributed by atoms with van der Waals surface area (Å²) in [6.45, 7) is 6.06. The molecule has 1 aliphatic heterocycles. The summed E-state index contributed by atoms with van der Waals surface area (Å²) >= 11 is 0. The van der Waals surface area contributed by atoms with Gasteiger partial charge in [0.2, 0.25) is 0 Å². The fourth-order valence-corrected chi connectivity index (χ4v) is 2.96. The number of esters is 1. The summed E-state index contributed by atoms with van der Waals surface area (Å²) in [6.07, 6.45) is 7.72. The minimum absolute atomic E-state index is 0.00959. The molecule has 0 aromatic carbocycles. The van der Waals surface area contributed by atoms with E-state index in [1.54, 1.807) is 0 Å². The van der Waals surface area contributed by atoms with Gasteiger partial charge in [-0.3, -0.25) is 14.4 Å². The van der Waals surface area contributed by atoms with Crippen molar-refractivity contribution in [3.63, 3.8) is 0 Å². The van der Waals surface area contributed by atoms with Gasteiger partial charge in [-0.2, -0.15) is 0 Å². The molecule has 2 aliphatic rings. The molecule has 1 fully saturated rings. The highest BCUT2D eigenvalue weighted by Crippen LogP contribution is 2.43. The van der Waals surface area contributed by atoms with Crippen molar-refractivity contribution in [1.29, 1.82) is 0 Å². The smallest absolute Gasteiger partial charge is 0.307 e. The van der Waals surface area contributed by atoms with E-state index in [4.69, 9.17) is 4.74 Å². The molecular weight excluding hydrogens is 280 g/mol. The lowest BCUT2D eigenvalue weighted by molar-refractivity contribution is -0.140. The molecule has 0 aromatic rings. The second-order valence-corrected chi connectivity index (χ2v) is 6.42. The van der Waals surface area contributed by atoms with Crippen molar-refractivity contribution in [3.05, 3.63) is 35.5 Å². The number of carbonyl (C=O) groups is 3. The number of hydrogen-bond acceptors (Lipinski definition) is 4. The van der Waals surface area contributed by atoms with Gasteiger partial charge in [-0.05, 0) is 51.8 Å². The molecule has 1 aliphatic carbocycles. The standard InChI is InChI=1S/C18H22O4/c1-12(2)5-4-6-13(3)9-16-18(11-17(21)22-16)10-14(19)7-8-15(18)20/h5,7-9,16H,4,6,10-11H2,1-3H3/b13-9+/t16-,18?/m1/s1. The van der Waals surface area contributed by atoms with Gasteiger partial charge in [-0.25, -0.2) is 0 Å². The van der Waals surface area contributed by atoms with Crippen molar-refractivity contribution in [1.82, 2.24) is 0 Å². The van der Waals surface area contributed by atoms with Gasteiger partial charge >= 0.3 is 5.97 Å². The molecule has 2 atom stereocenters. The molecule has 1 heterocycles. The molecule has 0 N–H and O–H groups in total. The van der Waals surface area contributed by atoms with E-state index in [2.05, 4.69) is 6.08 Å². The molecule has 1 unspecified atom stereocenters. The maximum absolute atomic E-state index is 12.3. The van der Waals surface area contributed by atoms with Crippen LogP contribution in [-0.2, 0) is 19.1 Å². The fraction of sp³-hybridized carbons (Fsp3) is 0.500. The lowest BCUT2D eigenvalue weighted by Crippen LogP contribution is -2.41. The van der Waals surface area contributed by atoms with E-state index >= 15 is 0 Å². The summed E-state index contributed by atoms with van der Waals surface area (Å²) in [5, 5.41) is 0. The van der Waals surface area contributed by atoms with Gasteiger partial charge in [0, 0.05) is 6.42 Å². The Hall–Kier alpha value is -1.97. The van der Waals surface area contributed by atoms with Crippen LogP contribution in [0.3, 0.4) is 0 Å². The molecule has 0 radical (unpaired) electrons. The summed E-state index contributed by atoms with van der Waals surface area (Å²) in [7, 11) is 0. The molecule has 4 heteroatoms. The van der Waals surface area contributed by atoms with Crippen LogP contribution in [0, 0.1) is 5.41 Å². The Bertz CT molecular complexity index is 590. The van der Waals surface area contributed by atoms with Crippen molar-refractivity contribution in [2.24, 2.45) is 5.41 Å². The Morgan fingerprint density at radius 2 is 1.95 bits per heavy atom. The summed E-state index contributed by atoms with van der Waals surface area (Å²) < 4.78 is 5.33. The van der Waals surface area contributed by atoms with Gasteiger partial charge in [0.15, 0.2) is 11.6 Å². The lowest BCUT2D eigenvalue weighted by atomic mass is 9.70. The normalized spacial score (nSPS) is 28.2. The molecule has 118 valence electrons. The van der Waals surface area contributed by atoms with Gasteiger partial charge in [0.1, 0.15) is 6.10 Å². The van der Waals surface area contributed by atoms with E-state index in [9.17, 15) is 14.4 Å². The van der Waals surface area contributed by atoms with Gasteiger partial charge < -0.3 is 4.74 Å². The van der Waals surface area contributed by atoms with Crippen molar-refractivity contribution < 1.29 is 19.1 Å². The van der Waals surface area contributed by atoms with Gasteiger partial charge in [-0.15, -0.1) is 0 Å². The number of carbonyl (C=O) groups excluding carboxylic acids is 3. The van der Waals surface area contributed by atoms with Gasteiger partial charge in [-0.1, -0.05) is 17.2 Å². The van der Waals surface area contributed by atoms with Crippen molar-refractivity contribution in [3.8, 4) is 0 Å². The SMILES string of the molecule is CC(C)=CCC/C(C)=C/[C@H]1OC(=O)CC12CC(=O)C=CC2=O. The van der Waals surface area contributed by atoms with Crippen LogP contribution in [0.1, 0.15) is 46.5 Å². The zero-order valence-corrected chi connectivity index (χ0v) is 13.3.